The Morgan fingerprint density at radius 3 is 2.70 bits per heavy atom. The number of benzene rings is 3. The molecule has 0 saturated heterocycles. The van der Waals surface area contributed by atoms with Gasteiger partial charge < -0.3 is 16.0 Å². The van der Waals surface area contributed by atoms with Crippen LogP contribution in [0.25, 0.3) is 11.1 Å². The van der Waals surface area contributed by atoms with Crippen molar-refractivity contribution in [2.45, 2.75) is 37.5 Å². The van der Waals surface area contributed by atoms with E-state index in [1.165, 1.54) is 18.2 Å². The van der Waals surface area contributed by atoms with E-state index in [1.54, 1.807) is 50.2 Å². The van der Waals surface area contributed by atoms with Crippen LogP contribution in [0.1, 0.15) is 31.4 Å². The lowest BCUT2D eigenvalue weighted by Gasteiger charge is -2.25. The normalized spacial score (nSPS) is 13.6. The number of halogens is 2. The average molecular weight is 561 g/mol. The van der Waals surface area contributed by atoms with Gasteiger partial charge in [0.1, 0.15) is 17.5 Å². The summed E-state index contributed by atoms with van der Waals surface area (Å²) in [5, 5.41) is 9.20. The van der Waals surface area contributed by atoms with Gasteiger partial charge in [-0.05, 0) is 81.1 Å². The molecule has 0 radical (unpaired) electrons. The Labute approximate surface area is 236 Å². The molecule has 0 atom stereocenters. The van der Waals surface area contributed by atoms with Crippen molar-refractivity contribution < 1.29 is 13.6 Å². The molecule has 1 aromatic heterocycles. The molecule has 40 heavy (non-hydrogen) atoms. The smallest absolute Gasteiger partial charge is 0.234 e. The van der Waals surface area contributed by atoms with Crippen molar-refractivity contribution in [3.63, 3.8) is 0 Å². The molecular formula is C30H30F2N6OS. The highest BCUT2D eigenvalue weighted by Crippen LogP contribution is 2.33. The molecule has 4 N–H and O–H groups in total. The summed E-state index contributed by atoms with van der Waals surface area (Å²) < 4.78 is 33.2. The summed E-state index contributed by atoms with van der Waals surface area (Å²) in [6, 6.07) is 17.1. The van der Waals surface area contributed by atoms with Gasteiger partial charge >= 0.3 is 0 Å². The molecule has 4 aromatic rings. The third-order valence-corrected chi connectivity index (χ3v) is 7.55. The van der Waals surface area contributed by atoms with Crippen LogP contribution < -0.4 is 20.7 Å². The van der Waals surface area contributed by atoms with Crippen LogP contribution in [0.3, 0.4) is 0 Å². The maximum Gasteiger partial charge on any atom is 0.234 e. The van der Waals surface area contributed by atoms with E-state index in [0.717, 1.165) is 29.1 Å². The van der Waals surface area contributed by atoms with Gasteiger partial charge in [-0.3, -0.25) is 9.52 Å². The predicted molar refractivity (Wildman–Crippen MR) is 157 cm³/mol. The molecule has 4 bridgehead atoms. The number of nitrogens with zero attached hydrogens (tertiary/aromatic N) is 2. The Kier molecular flexibility index (Phi) is 7.99. The minimum Gasteiger partial charge on any atom is -0.369 e. The van der Waals surface area contributed by atoms with Crippen LogP contribution in [0.2, 0.25) is 0 Å². The van der Waals surface area contributed by atoms with E-state index in [-0.39, 0.29) is 11.3 Å². The summed E-state index contributed by atoms with van der Waals surface area (Å²) in [5.74, 6) is -0.645. The topological polar surface area (TPSA) is 91.0 Å². The molecule has 2 heterocycles. The van der Waals surface area contributed by atoms with Gasteiger partial charge in [0.25, 0.3) is 0 Å². The van der Waals surface area contributed by atoms with Crippen molar-refractivity contribution in [3.8, 4) is 11.1 Å². The largest absolute Gasteiger partial charge is 0.369 e. The molecule has 206 valence electrons. The first-order chi connectivity index (χ1) is 19.2. The van der Waals surface area contributed by atoms with Crippen molar-refractivity contribution in [3.05, 3.63) is 89.6 Å². The van der Waals surface area contributed by atoms with E-state index in [1.807, 2.05) is 31.2 Å². The number of nitrogens with one attached hydrogen (secondary N) is 4. The summed E-state index contributed by atoms with van der Waals surface area (Å²) in [6.45, 7) is 6.49. The van der Waals surface area contributed by atoms with Crippen molar-refractivity contribution in [1.29, 1.82) is 0 Å². The Morgan fingerprint density at radius 1 is 1.02 bits per heavy atom. The number of carbonyl (C=O) groups is 1. The van der Waals surface area contributed by atoms with E-state index >= 15 is 4.39 Å². The number of carbonyl (C=O) groups excluding carboxylic acids is 1. The Balaban J connectivity index is 1.40. The van der Waals surface area contributed by atoms with Crippen LogP contribution in [0.15, 0.2) is 71.8 Å². The van der Waals surface area contributed by atoms with Crippen LogP contribution in [0.5, 0.6) is 0 Å². The first-order valence-electron chi connectivity index (χ1n) is 13.0. The zero-order valence-corrected chi connectivity index (χ0v) is 23.3. The Morgan fingerprint density at radius 2 is 1.88 bits per heavy atom. The number of hydrogen-bond donors (Lipinski definition) is 4. The second-order valence-corrected chi connectivity index (χ2v) is 11.1. The van der Waals surface area contributed by atoms with Crippen LogP contribution in [0.4, 0.5) is 31.9 Å². The van der Waals surface area contributed by atoms with Gasteiger partial charge in [0.15, 0.2) is 0 Å². The molecule has 7 nitrogen and oxygen atoms in total. The van der Waals surface area contributed by atoms with Crippen LogP contribution in [-0.4, -0.2) is 29.0 Å². The quantitative estimate of drug-likeness (QED) is 0.204. The minimum absolute atomic E-state index is 0.00504. The number of fused-ring (bicyclic) bond motifs is 4. The van der Waals surface area contributed by atoms with E-state index < -0.39 is 23.0 Å². The predicted octanol–water partition coefficient (Wildman–Crippen LogP) is 6.80. The lowest BCUT2D eigenvalue weighted by molar-refractivity contribution is -0.120. The van der Waals surface area contributed by atoms with Gasteiger partial charge in [0, 0.05) is 41.0 Å². The molecule has 0 unspecified atom stereocenters. The van der Waals surface area contributed by atoms with E-state index in [9.17, 15) is 9.18 Å². The van der Waals surface area contributed by atoms with Crippen molar-refractivity contribution in [1.82, 2.24) is 14.7 Å². The molecular weight excluding hydrogens is 530 g/mol. The fourth-order valence-electron chi connectivity index (χ4n) is 4.36. The van der Waals surface area contributed by atoms with Gasteiger partial charge in [-0.25, -0.2) is 13.8 Å². The second-order valence-electron chi connectivity index (χ2n) is 10.1. The standard InChI is InChI=1S/C30H30F2N6OS/c1-18-8-10-24(31)23(14-18)30(2,3)28(39)37-26-11-9-19(15-25(26)32)22-17-34-29-36-20-6-4-7-21(16-20)40-35-13-5-12-33-27(22)38-29/h4,6-11,14-17,35H,5,12-13H2,1-3H3,(H,37,39)(H2,33,34,36,38). The number of rotatable bonds is 4. The molecule has 1 amide bonds. The van der Waals surface area contributed by atoms with Gasteiger partial charge in [-0.15, -0.1) is 0 Å². The third-order valence-electron chi connectivity index (χ3n) is 6.71. The first kappa shape index (κ1) is 27.5. The Bertz CT molecular complexity index is 1560. The zero-order chi connectivity index (χ0) is 28.3. The molecule has 0 aliphatic carbocycles. The van der Waals surface area contributed by atoms with Crippen molar-refractivity contribution in [2.75, 3.05) is 29.0 Å². The minimum atomic E-state index is -1.22. The highest BCUT2D eigenvalue weighted by molar-refractivity contribution is 7.97. The first-order valence-corrected chi connectivity index (χ1v) is 13.8. The molecule has 0 saturated carbocycles. The zero-order valence-electron chi connectivity index (χ0n) is 22.4. The maximum absolute atomic E-state index is 15.3. The lowest BCUT2D eigenvalue weighted by atomic mass is 9.82. The highest BCUT2D eigenvalue weighted by atomic mass is 32.2. The monoisotopic (exact) mass is 560 g/mol. The fourth-order valence-corrected chi connectivity index (χ4v) is 5.10. The average Bonchev–Trinajstić information content (AvgIpc) is 2.93. The van der Waals surface area contributed by atoms with E-state index in [0.29, 0.717) is 29.4 Å². The number of amides is 1. The Hall–Kier alpha value is -4.02. The van der Waals surface area contributed by atoms with Crippen molar-refractivity contribution in [2.24, 2.45) is 0 Å². The molecule has 1 aliphatic heterocycles. The number of hydrogen-bond acceptors (Lipinski definition) is 7. The summed E-state index contributed by atoms with van der Waals surface area (Å²) in [5.41, 5.74) is 1.89. The fraction of sp³-hybridized carbons (Fsp3) is 0.233. The van der Waals surface area contributed by atoms with E-state index in [2.05, 4.69) is 30.6 Å². The lowest BCUT2D eigenvalue weighted by Crippen LogP contribution is -2.36. The molecule has 5 rings (SSSR count). The SMILES string of the molecule is Cc1ccc(F)c(C(C)(C)C(=O)Nc2ccc(-c3cnc4nc3NCCCNSc3cccc(c3)N4)cc2F)c1. The van der Waals surface area contributed by atoms with Crippen LogP contribution in [0, 0.1) is 18.6 Å². The summed E-state index contributed by atoms with van der Waals surface area (Å²) in [6.07, 6.45) is 2.49. The van der Waals surface area contributed by atoms with Crippen LogP contribution >= 0.6 is 11.9 Å². The molecule has 3 aromatic carbocycles. The van der Waals surface area contributed by atoms with Gasteiger partial charge in [0.2, 0.25) is 11.9 Å². The molecule has 1 aliphatic rings. The van der Waals surface area contributed by atoms with Gasteiger partial charge in [0.05, 0.1) is 11.1 Å². The second kappa shape index (κ2) is 11.6. The van der Waals surface area contributed by atoms with Crippen LogP contribution in [-0.2, 0) is 10.2 Å². The van der Waals surface area contributed by atoms with Gasteiger partial charge in [-0.2, -0.15) is 4.98 Å². The molecule has 0 spiro atoms. The number of aryl methyl sites for hydroxylation is 1. The third kappa shape index (κ3) is 6.08. The summed E-state index contributed by atoms with van der Waals surface area (Å²) >= 11 is 1.56. The maximum atomic E-state index is 15.3. The number of anilines is 4. The van der Waals surface area contributed by atoms with Crippen molar-refractivity contribution >= 4 is 41.0 Å². The number of aromatic nitrogens is 2. The summed E-state index contributed by atoms with van der Waals surface area (Å²) in [4.78, 5) is 23.3. The molecule has 10 heteroatoms. The molecule has 0 fully saturated rings. The summed E-state index contributed by atoms with van der Waals surface area (Å²) in [7, 11) is 0. The highest BCUT2D eigenvalue weighted by Gasteiger charge is 2.33. The van der Waals surface area contributed by atoms with E-state index in [4.69, 9.17) is 0 Å². The van der Waals surface area contributed by atoms with Gasteiger partial charge in [-0.1, -0.05) is 29.8 Å².